The van der Waals surface area contributed by atoms with Crippen molar-refractivity contribution >= 4 is 0 Å². The van der Waals surface area contributed by atoms with Gasteiger partial charge in [-0.2, -0.15) is 0 Å². The smallest absolute Gasteiger partial charge is 0.0447 e. The molecule has 1 aromatic carbocycles. The summed E-state index contributed by atoms with van der Waals surface area (Å²) in [6, 6.07) is 8.16. The lowest BCUT2D eigenvalue weighted by Crippen LogP contribution is -2.41. The minimum Gasteiger partial charge on any atom is -0.312 e. The van der Waals surface area contributed by atoms with Crippen molar-refractivity contribution in [1.82, 2.24) is 10.2 Å². The third kappa shape index (κ3) is 4.55. The number of benzene rings is 1. The summed E-state index contributed by atoms with van der Waals surface area (Å²) in [6.07, 6.45) is 7.03. The number of aryl methyl sites for hydroxylation is 2. The number of rotatable bonds is 6. The van der Waals surface area contributed by atoms with Gasteiger partial charge in [-0.15, -0.1) is 0 Å². The first-order valence-corrected chi connectivity index (χ1v) is 8.63. The molecule has 1 unspecified atom stereocenters. The summed E-state index contributed by atoms with van der Waals surface area (Å²) in [5.41, 5.74) is 4.17. The zero-order chi connectivity index (χ0) is 15.2. The Morgan fingerprint density at radius 2 is 1.71 bits per heavy atom. The number of likely N-dealkylation sites (N-methyl/N-ethyl adjacent to an activating group) is 2. The SMILES string of the molecule is CCN(CC(NC)c1cc(C)cc(C)c1)C1CCCCC1. The van der Waals surface area contributed by atoms with Crippen LogP contribution < -0.4 is 5.32 Å². The standard InChI is InChI=1S/C19H32N2/c1-5-21(18-9-7-6-8-10-18)14-19(20-4)17-12-15(2)11-16(3)13-17/h11-13,18-20H,5-10,14H2,1-4H3. The van der Waals surface area contributed by atoms with Crippen molar-refractivity contribution in [1.29, 1.82) is 0 Å². The Labute approximate surface area is 130 Å². The summed E-state index contributed by atoms with van der Waals surface area (Å²) >= 11 is 0. The highest BCUT2D eigenvalue weighted by atomic mass is 15.2. The van der Waals surface area contributed by atoms with Crippen molar-refractivity contribution in [3.63, 3.8) is 0 Å². The Morgan fingerprint density at radius 3 is 2.24 bits per heavy atom. The van der Waals surface area contributed by atoms with Crippen molar-refractivity contribution in [2.75, 3.05) is 20.1 Å². The summed E-state index contributed by atoms with van der Waals surface area (Å²) in [7, 11) is 2.09. The molecule has 0 amide bonds. The van der Waals surface area contributed by atoms with Gasteiger partial charge in [0.15, 0.2) is 0 Å². The average molecular weight is 288 g/mol. The Balaban J connectivity index is 2.08. The molecule has 1 saturated carbocycles. The first-order valence-electron chi connectivity index (χ1n) is 8.63. The summed E-state index contributed by atoms with van der Waals surface area (Å²) in [4.78, 5) is 2.69. The van der Waals surface area contributed by atoms with Gasteiger partial charge in [0.2, 0.25) is 0 Å². The van der Waals surface area contributed by atoms with E-state index in [9.17, 15) is 0 Å². The van der Waals surface area contributed by atoms with Crippen molar-refractivity contribution in [3.8, 4) is 0 Å². The van der Waals surface area contributed by atoms with E-state index in [1.165, 1.54) is 48.8 Å². The molecule has 1 aliphatic carbocycles. The van der Waals surface area contributed by atoms with Gasteiger partial charge in [0, 0.05) is 18.6 Å². The molecule has 0 aromatic heterocycles. The summed E-state index contributed by atoms with van der Waals surface area (Å²) < 4.78 is 0. The fraction of sp³-hybridized carbons (Fsp3) is 0.684. The number of nitrogens with zero attached hydrogens (tertiary/aromatic N) is 1. The summed E-state index contributed by atoms with van der Waals surface area (Å²) in [6.45, 7) is 8.99. The highest BCUT2D eigenvalue weighted by Crippen LogP contribution is 2.25. The van der Waals surface area contributed by atoms with Gasteiger partial charge in [0.25, 0.3) is 0 Å². The van der Waals surface area contributed by atoms with Gasteiger partial charge in [-0.3, -0.25) is 4.90 Å². The fourth-order valence-corrected chi connectivity index (χ4v) is 3.79. The minimum atomic E-state index is 0.436. The quantitative estimate of drug-likeness (QED) is 0.843. The fourth-order valence-electron chi connectivity index (χ4n) is 3.79. The van der Waals surface area contributed by atoms with E-state index >= 15 is 0 Å². The second kappa shape index (κ2) is 7.95. The predicted octanol–water partition coefficient (Wildman–Crippen LogP) is 4.22. The molecular formula is C19H32N2. The maximum absolute atomic E-state index is 3.54. The maximum atomic E-state index is 3.54. The molecule has 118 valence electrons. The van der Waals surface area contributed by atoms with Crippen LogP contribution in [0.1, 0.15) is 61.8 Å². The molecular weight excluding hydrogens is 256 g/mol. The van der Waals surface area contributed by atoms with Gasteiger partial charge in [0.05, 0.1) is 0 Å². The van der Waals surface area contributed by atoms with Crippen LogP contribution in [0.2, 0.25) is 0 Å². The monoisotopic (exact) mass is 288 g/mol. The van der Waals surface area contributed by atoms with Crippen LogP contribution in [0.25, 0.3) is 0 Å². The molecule has 0 spiro atoms. The van der Waals surface area contributed by atoms with E-state index in [2.05, 4.69) is 56.2 Å². The molecule has 0 heterocycles. The molecule has 2 nitrogen and oxygen atoms in total. The third-order valence-corrected chi connectivity index (χ3v) is 4.91. The summed E-state index contributed by atoms with van der Waals surface area (Å²) in [5, 5.41) is 3.54. The van der Waals surface area contributed by atoms with Crippen molar-refractivity contribution < 1.29 is 0 Å². The van der Waals surface area contributed by atoms with Crippen LogP contribution in [0.15, 0.2) is 18.2 Å². The lowest BCUT2D eigenvalue weighted by Gasteiger charge is -2.36. The third-order valence-electron chi connectivity index (χ3n) is 4.91. The zero-order valence-corrected chi connectivity index (χ0v) is 14.3. The van der Waals surface area contributed by atoms with E-state index in [0.717, 1.165) is 19.1 Å². The lowest BCUT2D eigenvalue weighted by molar-refractivity contribution is 0.149. The molecule has 1 fully saturated rings. The van der Waals surface area contributed by atoms with Crippen LogP contribution in [0.5, 0.6) is 0 Å². The maximum Gasteiger partial charge on any atom is 0.0447 e. The van der Waals surface area contributed by atoms with E-state index in [-0.39, 0.29) is 0 Å². The number of hydrogen-bond donors (Lipinski definition) is 1. The van der Waals surface area contributed by atoms with E-state index in [0.29, 0.717) is 6.04 Å². The largest absolute Gasteiger partial charge is 0.312 e. The second-order valence-corrected chi connectivity index (χ2v) is 6.64. The Hall–Kier alpha value is -0.860. The highest BCUT2D eigenvalue weighted by molar-refractivity contribution is 5.30. The van der Waals surface area contributed by atoms with E-state index in [1.807, 2.05) is 0 Å². The number of nitrogens with one attached hydrogen (secondary N) is 1. The molecule has 2 rings (SSSR count). The molecule has 1 atom stereocenters. The van der Waals surface area contributed by atoms with Crippen molar-refractivity contribution in [2.45, 2.75) is 65.0 Å². The van der Waals surface area contributed by atoms with Crippen molar-refractivity contribution in [3.05, 3.63) is 34.9 Å². The minimum absolute atomic E-state index is 0.436. The van der Waals surface area contributed by atoms with Crippen LogP contribution in [-0.4, -0.2) is 31.1 Å². The average Bonchev–Trinajstić information content (AvgIpc) is 2.48. The first kappa shape index (κ1) is 16.5. The van der Waals surface area contributed by atoms with Gasteiger partial charge in [-0.05, 0) is 45.8 Å². The molecule has 0 radical (unpaired) electrons. The Morgan fingerprint density at radius 1 is 1.10 bits per heavy atom. The highest BCUT2D eigenvalue weighted by Gasteiger charge is 2.23. The first-order chi connectivity index (χ1) is 10.1. The van der Waals surface area contributed by atoms with Gasteiger partial charge in [0.1, 0.15) is 0 Å². The van der Waals surface area contributed by atoms with Gasteiger partial charge in [-0.1, -0.05) is 55.5 Å². The molecule has 0 saturated heterocycles. The second-order valence-electron chi connectivity index (χ2n) is 6.64. The van der Waals surface area contributed by atoms with Crippen LogP contribution in [0.3, 0.4) is 0 Å². The lowest BCUT2D eigenvalue weighted by atomic mass is 9.93. The zero-order valence-electron chi connectivity index (χ0n) is 14.3. The molecule has 21 heavy (non-hydrogen) atoms. The van der Waals surface area contributed by atoms with E-state index < -0.39 is 0 Å². The normalized spacial score (nSPS) is 18.1. The summed E-state index contributed by atoms with van der Waals surface area (Å²) in [5.74, 6) is 0. The Bertz CT molecular complexity index is 415. The van der Waals surface area contributed by atoms with Crippen molar-refractivity contribution in [2.24, 2.45) is 0 Å². The Kier molecular flexibility index (Phi) is 6.25. The molecule has 0 aliphatic heterocycles. The molecule has 1 aromatic rings. The van der Waals surface area contributed by atoms with E-state index in [1.54, 1.807) is 0 Å². The van der Waals surface area contributed by atoms with Crippen LogP contribution >= 0.6 is 0 Å². The number of hydrogen-bond acceptors (Lipinski definition) is 2. The molecule has 1 aliphatic rings. The van der Waals surface area contributed by atoms with Crippen LogP contribution in [-0.2, 0) is 0 Å². The predicted molar refractivity (Wildman–Crippen MR) is 91.8 cm³/mol. The van der Waals surface area contributed by atoms with Gasteiger partial charge < -0.3 is 5.32 Å². The van der Waals surface area contributed by atoms with Crippen LogP contribution in [0, 0.1) is 13.8 Å². The molecule has 1 N–H and O–H groups in total. The molecule has 2 heteroatoms. The van der Waals surface area contributed by atoms with E-state index in [4.69, 9.17) is 0 Å². The van der Waals surface area contributed by atoms with Gasteiger partial charge in [-0.25, -0.2) is 0 Å². The van der Waals surface area contributed by atoms with Crippen LogP contribution in [0.4, 0.5) is 0 Å². The molecule has 0 bridgehead atoms. The topological polar surface area (TPSA) is 15.3 Å². The van der Waals surface area contributed by atoms with Gasteiger partial charge >= 0.3 is 0 Å².